The first-order chi connectivity index (χ1) is 6.70. The van der Waals surface area contributed by atoms with Crippen LogP contribution in [-0.2, 0) is 0 Å². The lowest BCUT2D eigenvalue weighted by Gasteiger charge is -1.80. The second kappa shape index (κ2) is 3.87. The van der Waals surface area contributed by atoms with Crippen LogP contribution in [0.2, 0.25) is 0 Å². The molecule has 0 bridgehead atoms. The number of nitrogens with zero attached hydrogens (tertiary/aromatic N) is 4. The van der Waals surface area contributed by atoms with E-state index in [2.05, 4.69) is 9.98 Å². The Morgan fingerprint density at radius 2 is 1.29 bits per heavy atom. The maximum atomic E-state index is 11.1. The number of rotatable bonds is 0. The fourth-order valence-electron chi connectivity index (χ4n) is 0.859. The molecule has 0 unspecified atom stereocenters. The molecule has 0 fully saturated rings. The van der Waals surface area contributed by atoms with Gasteiger partial charge in [0.1, 0.15) is 0 Å². The molecule has 0 aliphatic heterocycles. The van der Waals surface area contributed by atoms with Crippen molar-refractivity contribution in [3.63, 3.8) is 0 Å². The summed E-state index contributed by atoms with van der Waals surface area (Å²) in [6, 6.07) is 1.96. The minimum absolute atomic E-state index is 0.387. The molecule has 0 spiro atoms. The van der Waals surface area contributed by atoms with Crippen LogP contribution < -0.4 is 21.6 Å². The zero-order valence-corrected chi connectivity index (χ0v) is 6.76. The minimum atomic E-state index is -0.611. The van der Waals surface area contributed by atoms with E-state index in [0.717, 1.165) is 12.1 Å². The molecule has 0 atom stereocenters. The molecule has 0 aliphatic rings. The highest BCUT2D eigenvalue weighted by atomic mass is 16.1. The van der Waals surface area contributed by atoms with Gasteiger partial charge in [0.25, 0.3) is 0 Å². The van der Waals surface area contributed by atoms with E-state index in [0.29, 0.717) is 0 Å². The molecule has 0 aliphatic carbocycles. The van der Waals surface area contributed by atoms with Crippen LogP contribution in [0.15, 0.2) is 31.7 Å². The maximum absolute atomic E-state index is 11.1. The molecule has 0 aromatic heterocycles. The average molecular weight is 186 g/mol. The quantitative estimate of drug-likeness (QED) is 0.438. The molecule has 0 saturated heterocycles. The summed E-state index contributed by atoms with van der Waals surface area (Å²) in [6.07, 6.45) is 2.74. The van der Waals surface area contributed by atoms with Crippen LogP contribution in [0.4, 0.5) is 0 Å². The van der Waals surface area contributed by atoms with Gasteiger partial charge >= 0.3 is 0 Å². The SMILES string of the molecule is N#CN=c1c(=O)ccc(=O)c1=NC#N. The van der Waals surface area contributed by atoms with Crippen molar-refractivity contribution in [3.8, 4) is 12.4 Å². The Balaban J connectivity index is 4.04. The van der Waals surface area contributed by atoms with Gasteiger partial charge in [-0.15, -0.1) is 0 Å². The van der Waals surface area contributed by atoms with Gasteiger partial charge < -0.3 is 0 Å². The number of benzene rings is 1. The summed E-state index contributed by atoms with van der Waals surface area (Å²) in [4.78, 5) is 28.5. The first-order valence-electron chi connectivity index (χ1n) is 3.41. The predicted octanol–water partition coefficient (Wildman–Crippen LogP) is -1.95. The Labute approximate surface area is 77.1 Å². The molecule has 1 aromatic carbocycles. The monoisotopic (exact) mass is 186 g/mol. The van der Waals surface area contributed by atoms with Crippen LogP contribution >= 0.6 is 0 Å². The van der Waals surface area contributed by atoms with E-state index in [1.807, 2.05) is 0 Å². The van der Waals surface area contributed by atoms with Gasteiger partial charge in [-0.05, 0) is 12.1 Å². The van der Waals surface area contributed by atoms with Crippen LogP contribution in [0.25, 0.3) is 0 Å². The molecule has 0 N–H and O–H groups in total. The lowest BCUT2D eigenvalue weighted by atomic mass is 10.3. The van der Waals surface area contributed by atoms with Crippen molar-refractivity contribution in [1.82, 2.24) is 0 Å². The van der Waals surface area contributed by atoms with Crippen molar-refractivity contribution in [2.45, 2.75) is 0 Å². The third-order valence-electron chi connectivity index (χ3n) is 1.40. The predicted molar refractivity (Wildman–Crippen MR) is 43.7 cm³/mol. The minimum Gasteiger partial charge on any atom is -0.287 e. The first-order valence-corrected chi connectivity index (χ1v) is 3.41. The Morgan fingerprint density at radius 3 is 1.57 bits per heavy atom. The third-order valence-corrected chi connectivity index (χ3v) is 1.40. The highest BCUT2D eigenvalue weighted by molar-refractivity contribution is 5.04. The fraction of sp³-hybridized carbons (Fsp3) is 0. The van der Waals surface area contributed by atoms with Gasteiger partial charge in [-0.25, -0.2) is 0 Å². The van der Waals surface area contributed by atoms with E-state index in [1.165, 1.54) is 12.4 Å². The van der Waals surface area contributed by atoms with E-state index >= 15 is 0 Å². The van der Waals surface area contributed by atoms with Gasteiger partial charge in [0, 0.05) is 0 Å². The Morgan fingerprint density at radius 1 is 0.929 bits per heavy atom. The Kier molecular flexibility index (Phi) is 2.63. The van der Waals surface area contributed by atoms with Gasteiger partial charge in [0.2, 0.25) is 23.2 Å². The molecule has 0 amide bonds. The van der Waals surface area contributed by atoms with Crippen molar-refractivity contribution in [3.05, 3.63) is 43.3 Å². The molecule has 66 valence electrons. The maximum Gasteiger partial charge on any atom is 0.207 e. The van der Waals surface area contributed by atoms with Gasteiger partial charge in [-0.3, -0.25) is 9.59 Å². The van der Waals surface area contributed by atoms with Crippen molar-refractivity contribution < 1.29 is 0 Å². The van der Waals surface area contributed by atoms with E-state index in [9.17, 15) is 9.59 Å². The fourth-order valence-corrected chi connectivity index (χ4v) is 0.859. The highest BCUT2D eigenvalue weighted by Gasteiger charge is 1.98. The van der Waals surface area contributed by atoms with Crippen LogP contribution in [-0.4, -0.2) is 0 Å². The van der Waals surface area contributed by atoms with E-state index in [1.54, 1.807) is 0 Å². The van der Waals surface area contributed by atoms with Crippen molar-refractivity contribution in [1.29, 1.82) is 10.5 Å². The summed E-state index contributed by atoms with van der Waals surface area (Å²) in [5.41, 5.74) is -1.22. The van der Waals surface area contributed by atoms with Gasteiger partial charge in [0.05, 0.1) is 0 Å². The van der Waals surface area contributed by atoms with Gasteiger partial charge in [-0.1, -0.05) is 0 Å². The summed E-state index contributed by atoms with van der Waals surface area (Å²) in [6.45, 7) is 0. The first kappa shape index (κ1) is 9.49. The molecule has 6 heteroatoms. The van der Waals surface area contributed by atoms with Gasteiger partial charge in [-0.2, -0.15) is 20.5 Å². The summed E-state index contributed by atoms with van der Waals surface area (Å²) < 4.78 is 0. The molecular weight excluding hydrogens is 184 g/mol. The topological polar surface area (TPSA) is 106 Å². The smallest absolute Gasteiger partial charge is 0.207 e. The van der Waals surface area contributed by atoms with E-state index in [4.69, 9.17) is 10.5 Å². The summed E-state index contributed by atoms with van der Waals surface area (Å²) in [5, 5.41) is 15.7. The standard InChI is InChI=1S/C8H2N4O2/c9-3-11-7-5(13)1-2-6(14)8(7)12-4-10/h1-2H. The number of hydrogen-bond acceptors (Lipinski definition) is 6. The van der Waals surface area contributed by atoms with Gasteiger partial charge in [0.15, 0.2) is 10.7 Å². The lowest BCUT2D eigenvalue weighted by Crippen LogP contribution is -2.47. The normalized spacial score (nSPS) is 12.1. The summed E-state index contributed by atoms with van der Waals surface area (Å²) in [7, 11) is 0. The second-order valence-corrected chi connectivity index (χ2v) is 2.18. The zero-order valence-electron chi connectivity index (χ0n) is 6.76. The molecule has 0 saturated carbocycles. The highest BCUT2D eigenvalue weighted by Crippen LogP contribution is 1.57. The molecule has 6 nitrogen and oxygen atoms in total. The summed E-state index contributed by atoms with van der Waals surface area (Å²) >= 11 is 0. The summed E-state index contributed by atoms with van der Waals surface area (Å²) in [5.74, 6) is 0. The Hall–Kier alpha value is -2.60. The molecular formula is C8H2N4O2. The van der Waals surface area contributed by atoms with E-state index in [-0.39, 0.29) is 10.7 Å². The largest absolute Gasteiger partial charge is 0.287 e. The second-order valence-electron chi connectivity index (χ2n) is 2.18. The van der Waals surface area contributed by atoms with Crippen molar-refractivity contribution in [2.24, 2.45) is 9.98 Å². The average Bonchev–Trinajstić information content (AvgIpc) is 2.17. The zero-order chi connectivity index (χ0) is 10.6. The molecule has 1 aromatic rings. The molecule has 0 heterocycles. The van der Waals surface area contributed by atoms with Crippen molar-refractivity contribution >= 4 is 0 Å². The number of hydrogen-bond donors (Lipinski definition) is 0. The Bertz CT molecular complexity index is 592. The van der Waals surface area contributed by atoms with Crippen LogP contribution in [0.5, 0.6) is 0 Å². The molecule has 1 rings (SSSR count). The lowest BCUT2D eigenvalue weighted by molar-refractivity contribution is 1.16. The number of nitriles is 2. The molecule has 0 radical (unpaired) electrons. The van der Waals surface area contributed by atoms with Crippen LogP contribution in [0.3, 0.4) is 0 Å². The van der Waals surface area contributed by atoms with Crippen LogP contribution in [0.1, 0.15) is 0 Å². The van der Waals surface area contributed by atoms with Crippen molar-refractivity contribution in [2.75, 3.05) is 0 Å². The third kappa shape index (κ3) is 1.59. The van der Waals surface area contributed by atoms with E-state index < -0.39 is 10.9 Å². The van der Waals surface area contributed by atoms with Crippen LogP contribution in [0, 0.1) is 22.9 Å². The molecule has 14 heavy (non-hydrogen) atoms.